The minimum absolute atomic E-state index is 0.262. The fourth-order valence-electron chi connectivity index (χ4n) is 1.62. The van der Waals surface area contributed by atoms with Crippen LogP contribution in [0.15, 0.2) is 30.5 Å². The smallest absolute Gasteiger partial charge is 0.319 e. The lowest BCUT2D eigenvalue weighted by molar-refractivity contribution is 0.251. The second-order valence-electron chi connectivity index (χ2n) is 4.10. The van der Waals surface area contributed by atoms with Gasteiger partial charge in [0.2, 0.25) is 0 Å². The molecule has 106 valence electrons. The van der Waals surface area contributed by atoms with Gasteiger partial charge in [0.1, 0.15) is 5.69 Å². The maximum atomic E-state index is 11.7. The van der Waals surface area contributed by atoms with Crippen LogP contribution in [0.5, 0.6) is 0 Å². The van der Waals surface area contributed by atoms with Crippen molar-refractivity contribution >= 4 is 34.9 Å². The van der Waals surface area contributed by atoms with E-state index in [4.69, 9.17) is 23.2 Å². The van der Waals surface area contributed by atoms with Crippen LogP contribution in [0.2, 0.25) is 10.0 Å². The van der Waals surface area contributed by atoms with Crippen molar-refractivity contribution in [1.82, 2.24) is 15.1 Å². The molecule has 0 radical (unpaired) electrons. The Balaban J connectivity index is 1.90. The summed E-state index contributed by atoms with van der Waals surface area (Å²) in [5.74, 6) is 0. The number of amides is 2. The number of aromatic nitrogens is 2. The SMILES string of the molecule is CCn1cc(Cl)c(CNC(=O)Nc2cccc(Cl)c2)n1. The minimum atomic E-state index is -0.339. The lowest BCUT2D eigenvalue weighted by Crippen LogP contribution is -2.28. The van der Waals surface area contributed by atoms with E-state index >= 15 is 0 Å². The van der Waals surface area contributed by atoms with Gasteiger partial charge in [-0.1, -0.05) is 29.3 Å². The Morgan fingerprint density at radius 1 is 1.40 bits per heavy atom. The molecule has 0 spiro atoms. The summed E-state index contributed by atoms with van der Waals surface area (Å²) in [6.45, 7) is 2.96. The van der Waals surface area contributed by atoms with E-state index in [9.17, 15) is 4.79 Å². The first-order valence-electron chi connectivity index (χ1n) is 6.10. The van der Waals surface area contributed by atoms with Gasteiger partial charge in [-0.25, -0.2) is 4.79 Å². The molecule has 2 aromatic rings. The van der Waals surface area contributed by atoms with Crippen molar-refractivity contribution in [2.24, 2.45) is 0 Å². The molecule has 0 saturated heterocycles. The topological polar surface area (TPSA) is 59.0 Å². The first kappa shape index (κ1) is 14.7. The molecule has 1 aromatic heterocycles. The van der Waals surface area contributed by atoms with E-state index in [1.807, 2.05) is 6.92 Å². The Hall–Kier alpha value is -1.72. The summed E-state index contributed by atoms with van der Waals surface area (Å²) in [7, 11) is 0. The van der Waals surface area contributed by atoms with Gasteiger partial charge < -0.3 is 10.6 Å². The molecule has 1 aromatic carbocycles. The van der Waals surface area contributed by atoms with Gasteiger partial charge in [-0.05, 0) is 25.1 Å². The summed E-state index contributed by atoms with van der Waals surface area (Å²) in [5, 5.41) is 10.7. The molecule has 0 aliphatic carbocycles. The van der Waals surface area contributed by atoms with Gasteiger partial charge in [0.25, 0.3) is 0 Å². The molecular weight excluding hydrogens is 299 g/mol. The van der Waals surface area contributed by atoms with Crippen molar-refractivity contribution in [3.8, 4) is 0 Å². The number of nitrogens with zero attached hydrogens (tertiary/aromatic N) is 2. The van der Waals surface area contributed by atoms with E-state index in [1.165, 1.54) is 0 Å². The van der Waals surface area contributed by atoms with Crippen LogP contribution in [0.25, 0.3) is 0 Å². The Morgan fingerprint density at radius 2 is 2.20 bits per heavy atom. The van der Waals surface area contributed by atoms with Crippen LogP contribution in [0.1, 0.15) is 12.6 Å². The summed E-state index contributed by atoms with van der Waals surface area (Å²) >= 11 is 11.9. The fourth-order valence-corrected chi connectivity index (χ4v) is 2.03. The highest BCUT2D eigenvalue weighted by Crippen LogP contribution is 2.15. The van der Waals surface area contributed by atoms with Crippen molar-refractivity contribution in [2.45, 2.75) is 20.0 Å². The number of rotatable bonds is 4. The van der Waals surface area contributed by atoms with Crippen LogP contribution >= 0.6 is 23.2 Å². The van der Waals surface area contributed by atoms with E-state index in [-0.39, 0.29) is 12.6 Å². The van der Waals surface area contributed by atoms with Crippen molar-refractivity contribution in [3.05, 3.63) is 46.2 Å². The number of hydrogen-bond acceptors (Lipinski definition) is 2. The quantitative estimate of drug-likeness (QED) is 0.907. The molecule has 2 rings (SSSR count). The molecule has 0 atom stereocenters. The van der Waals surface area contributed by atoms with Crippen LogP contribution in [-0.4, -0.2) is 15.8 Å². The largest absolute Gasteiger partial charge is 0.332 e. The first-order chi connectivity index (χ1) is 9.58. The van der Waals surface area contributed by atoms with E-state index < -0.39 is 0 Å². The Labute approximate surface area is 126 Å². The molecule has 0 fully saturated rings. The van der Waals surface area contributed by atoms with E-state index in [0.717, 1.165) is 6.54 Å². The van der Waals surface area contributed by atoms with Gasteiger partial charge in [-0.2, -0.15) is 5.10 Å². The van der Waals surface area contributed by atoms with Gasteiger partial charge in [-0.15, -0.1) is 0 Å². The predicted molar refractivity (Wildman–Crippen MR) is 80.2 cm³/mol. The molecule has 0 bridgehead atoms. The molecule has 7 heteroatoms. The Morgan fingerprint density at radius 3 is 2.85 bits per heavy atom. The molecule has 0 saturated carbocycles. The van der Waals surface area contributed by atoms with E-state index in [2.05, 4.69) is 15.7 Å². The molecule has 2 N–H and O–H groups in total. The first-order valence-corrected chi connectivity index (χ1v) is 6.86. The summed E-state index contributed by atoms with van der Waals surface area (Å²) in [6, 6.07) is 6.58. The third-order valence-electron chi connectivity index (χ3n) is 2.61. The molecule has 5 nitrogen and oxygen atoms in total. The van der Waals surface area contributed by atoms with Crippen LogP contribution in [-0.2, 0) is 13.1 Å². The maximum absolute atomic E-state index is 11.7. The lowest BCUT2D eigenvalue weighted by Gasteiger charge is -2.06. The standard InChI is InChI=1S/C13H14Cl2N4O/c1-2-19-8-11(15)12(18-19)7-16-13(20)17-10-5-3-4-9(14)6-10/h3-6,8H,2,7H2,1H3,(H2,16,17,20). The molecule has 0 unspecified atom stereocenters. The summed E-state index contributed by atoms with van der Waals surface area (Å²) in [6.07, 6.45) is 1.73. The summed E-state index contributed by atoms with van der Waals surface area (Å²) in [4.78, 5) is 11.7. The van der Waals surface area contributed by atoms with Crippen molar-refractivity contribution < 1.29 is 4.79 Å². The highest BCUT2D eigenvalue weighted by Gasteiger charge is 2.08. The fraction of sp³-hybridized carbons (Fsp3) is 0.231. The monoisotopic (exact) mass is 312 g/mol. The molecule has 1 heterocycles. The number of carbonyl (C=O) groups is 1. The number of nitrogens with one attached hydrogen (secondary N) is 2. The number of urea groups is 1. The Kier molecular flexibility index (Phi) is 4.87. The normalized spacial score (nSPS) is 10.3. The molecule has 2 amide bonds. The van der Waals surface area contributed by atoms with Crippen molar-refractivity contribution in [1.29, 1.82) is 0 Å². The van der Waals surface area contributed by atoms with E-state index in [0.29, 0.717) is 21.4 Å². The van der Waals surface area contributed by atoms with Crippen molar-refractivity contribution in [2.75, 3.05) is 5.32 Å². The van der Waals surface area contributed by atoms with Crippen LogP contribution in [0.3, 0.4) is 0 Å². The van der Waals surface area contributed by atoms with E-state index in [1.54, 1.807) is 35.1 Å². The number of aryl methyl sites for hydroxylation is 1. The van der Waals surface area contributed by atoms with Crippen molar-refractivity contribution in [3.63, 3.8) is 0 Å². The second kappa shape index (κ2) is 6.63. The number of anilines is 1. The van der Waals surface area contributed by atoms with Gasteiger partial charge in [0.05, 0.1) is 11.6 Å². The summed E-state index contributed by atoms with van der Waals surface area (Å²) < 4.78 is 1.72. The molecular formula is C13H14Cl2N4O. The predicted octanol–water partition coefficient (Wildman–Crippen LogP) is 3.53. The molecule has 0 aliphatic rings. The average Bonchev–Trinajstić information content (AvgIpc) is 2.77. The van der Waals surface area contributed by atoms with Crippen LogP contribution in [0.4, 0.5) is 10.5 Å². The van der Waals surface area contributed by atoms with Crippen LogP contribution < -0.4 is 10.6 Å². The Bertz CT molecular complexity index is 612. The molecule has 20 heavy (non-hydrogen) atoms. The third-order valence-corrected chi connectivity index (χ3v) is 3.16. The minimum Gasteiger partial charge on any atom is -0.332 e. The number of benzene rings is 1. The second-order valence-corrected chi connectivity index (χ2v) is 4.94. The maximum Gasteiger partial charge on any atom is 0.319 e. The zero-order valence-electron chi connectivity index (χ0n) is 10.9. The molecule has 0 aliphatic heterocycles. The number of hydrogen-bond donors (Lipinski definition) is 2. The third kappa shape index (κ3) is 3.88. The summed E-state index contributed by atoms with van der Waals surface area (Å²) in [5.41, 5.74) is 1.26. The van der Waals surface area contributed by atoms with Gasteiger partial charge >= 0.3 is 6.03 Å². The lowest BCUT2D eigenvalue weighted by atomic mass is 10.3. The number of halogens is 2. The zero-order chi connectivity index (χ0) is 14.5. The average molecular weight is 313 g/mol. The number of carbonyl (C=O) groups excluding carboxylic acids is 1. The highest BCUT2D eigenvalue weighted by atomic mass is 35.5. The van der Waals surface area contributed by atoms with Gasteiger partial charge in [0.15, 0.2) is 0 Å². The van der Waals surface area contributed by atoms with Gasteiger partial charge in [-0.3, -0.25) is 4.68 Å². The zero-order valence-corrected chi connectivity index (χ0v) is 12.4. The van der Waals surface area contributed by atoms with Crippen LogP contribution in [0, 0.1) is 0 Å². The van der Waals surface area contributed by atoms with Gasteiger partial charge in [0, 0.05) is 23.5 Å². The highest BCUT2D eigenvalue weighted by molar-refractivity contribution is 6.31.